The van der Waals surface area contributed by atoms with E-state index in [4.69, 9.17) is 0 Å². The van der Waals surface area contributed by atoms with E-state index in [0.29, 0.717) is 5.13 Å². The van der Waals surface area contributed by atoms with Gasteiger partial charge in [-0.25, -0.2) is 13.4 Å². The summed E-state index contributed by atoms with van der Waals surface area (Å²) in [6, 6.07) is 0. The van der Waals surface area contributed by atoms with Gasteiger partial charge < -0.3 is 5.32 Å². The average Bonchev–Trinajstić information content (AvgIpc) is 2.94. The van der Waals surface area contributed by atoms with Crippen LogP contribution in [-0.2, 0) is 30.0 Å². The molecule has 0 unspecified atom stereocenters. The lowest BCUT2D eigenvalue weighted by atomic mass is 10.2. The Hall–Kier alpha value is -1.45. The minimum atomic E-state index is -3.60. The second kappa shape index (κ2) is 4.58. The SMILES string of the molecule is Cn1cc(S(=O)(=O)Nc2nc3c(s2)CNCC3)cn1. The normalized spacial score (nSPS) is 15.2. The number of hydrogen-bond acceptors (Lipinski definition) is 6. The largest absolute Gasteiger partial charge is 0.311 e. The van der Waals surface area contributed by atoms with Crippen molar-refractivity contribution in [2.75, 3.05) is 11.3 Å². The third-order valence-corrected chi connectivity index (χ3v) is 5.25. The number of nitrogens with zero attached hydrogens (tertiary/aromatic N) is 3. The molecule has 0 fully saturated rings. The maximum Gasteiger partial charge on any atom is 0.266 e. The van der Waals surface area contributed by atoms with Crippen LogP contribution >= 0.6 is 11.3 Å². The minimum absolute atomic E-state index is 0.140. The molecule has 9 heteroatoms. The van der Waals surface area contributed by atoms with E-state index in [1.165, 1.54) is 28.4 Å². The summed E-state index contributed by atoms with van der Waals surface area (Å²) in [5, 5.41) is 7.51. The molecule has 7 nitrogen and oxygen atoms in total. The monoisotopic (exact) mass is 299 g/mol. The van der Waals surface area contributed by atoms with Crippen LogP contribution in [-0.4, -0.2) is 29.7 Å². The lowest BCUT2D eigenvalue weighted by Crippen LogP contribution is -2.22. The maximum atomic E-state index is 12.1. The molecule has 0 spiro atoms. The van der Waals surface area contributed by atoms with E-state index in [-0.39, 0.29) is 4.90 Å². The van der Waals surface area contributed by atoms with E-state index < -0.39 is 10.0 Å². The van der Waals surface area contributed by atoms with Crippen LogP contribution in [0.1, 0.15) is 10.6 Å². The van der Waals surface area contributed by atoms with Crippen LogP contribution in [0, 0.1) is 0 Å². The summed E-state index contributed by atoms with van der Waals surface area (Å²) in [4.78, 5) is 5.56. The zero-order valence-electron chi connectivity index (χ0n) is 10.3. The smallest absolute Gasteiger partial charge is 0.266 e. The highest BCUT2D eigenvalue weighted by Crippen LogP contribution is 2.27. The second-order valence-electron chi connectivity index (χ2n) is 4.27. The molecule has 2 N–H and O–H groups in total. The van der Waals surface area contributed by atoms with Gasteiger partial charge >= 0.3 is 0 Å². The van der Waals surface area contributed by atoms with Crippen LogP contribution in [0.4, 0.5) is 5.13 Å². The first-order valence-corrected chi connectivity index (χ1v) is 8.05. The zero-order valence-corrected chi connectivity index (χ0v) is 11.9. The highest BCUT2D eigenvalue weighted by molar-refractivity contribution is 7.93. The highest BCUT2D eigenvalue weighted by atomic mass is 32.2. The van der Waals surface area contributed by atoms with Gasteiger partial charge in [0.05, 0.1) is 11.9 Å². The molecule has 19 heavy (non-hydrogen) atoms. The fourth-order valence-corrected chi connectivity index (χ4v) is 4.08. The third-order valence-electron chi connectivity index (χ3n) is 2.82. The summed E-state index contributed by atoms with van der Waals surface area (Å²) in [7, 11) is -1.92. The van der Waals surface area contributed by atoms with Crippen LogP contribution in [0.3, 0.4) is 0 Å². The van der Waals surface area contributed by atoms with Crippen LogP contribution in [0.25, 0.3) is 0 Å². The van der Waals surface area contributed by atoms with Crippen LogP contribution in [0.5, 0.6) is 0 Å². The number of aryl methyl sites for hydroxylation is 1. The molecule has 3 heterocycles. The summed E-state index contributed by atoms with van der Waals surface area (Å²) < 4.78 is 28.2. The molecule has 102 valence electrons. The molecule has 2 aromatic heterocycles. The first-order valence-electron chi connectivity index (χ1n) is 5.75. The molecule has 1 aliphatic rings. The van der Waals surface area contributed by atoms with Gasteiger partial charge in [-0.3, -0.25) is 9.40 Å². The van der Waals surface area contributed by atoms with E-state index in [1.807, 2.05) is 0 Å². The third kappa shape index (κ3) is 2.48. The Labute approximate surface area is 114 Å². The predicted molar refractivity (Wildman–Crippen MR) is 71.5 cm³/mol. The maximum absolute atomic E-state index is 12.1. The van der Waals surface area contributed by atoms with Crippen molar-refractivity contribution in [2.24, 2.45) is 7.05 Å². The summed E-state index contributed by atoms with van der Waals surface area (Å²) >= 11 is 1.37. The van der Waals surface area contributed by atoms with Crippen molar-refractivity contribution in [3.05, 3.63) is 23.0 Å². The molecule has 3 rings (SSSR count). The molecular formula is C10H13N5O2S2. The number of rotatable bonds is 3. The molecule has 0 aromatic carbocycles. The van der Waals surface area contributed by atoms with Crippen molar-refractivity contribution in [1.29, 1.82) is 0 Å². The number of hydrogen-bond donors (Lipinski definition) is 2. The zero-order chi connectivity index (χ0) is 13.5. The standard InChI is InChI=1S/C10H13N5O2S2/c1-15-6-7(4-12-15)19(16,17)14-10-13-8-2-3-11-5-9(8)18-10/h4,6,11H,2-3,5H2,1H3,(H,13,14). The Morgan fingerprint density at radius 1 is 1.53 bits per heavy atom. The van der Waals surface area contributed by atoms with E-state index in [0.717, 1.165) is 30.1 Å². The van der Waals surface area contributed by atoms with Gasteiger partial charge in [0, 0.05) is 37.6 Å². The topological polar surface area (TPSA) is 88.9 Å². The lowest BCUT2D eigenvalue weighted by Gasteiger charge is -2.09. The van der Waals surface area contributed by atoms with Crippen molar-refractivity contribution < 1.29 is 8.42 Å². The molecule has 1 aliphatic heterocycles. The Bertz CT molecular complexity index is 680. The second-order valence-corrected chi connectivity index (χ2v) is 7.04. The van der Waals surface area contributed by atoms with Crippen molar-refractivity contribution >= 4 is 26.5 Å². The number of aromatic nitrogens is 3. The molecule has 0 saturated heterocycles. The van der Waals surface area contributed by atoms with Gasteiger partial charge in [0.15, 0.2) is 5.13 Å². The lowest BCUT2D eigenvalue weighted by molar-refractivity contribution is 0.601. The summed E-state index contributed by atoms with van der Waals surface area (Å²) in [6.45, 7) is 1.63. The van der Waals surface area contributed by atoms with E-state index in [1.54, 1.807) is 7.05 Å². The average molecular weight is 299 g/mol. The van der Waals surface area contributed by atoms with Gasteiger partial charge in [-0.1, -0.05) is 11.3 Å². The highest BCUT2D eigenvalue weighted by Gasteiger charge is 2.20. The summed E-state index contributed by atoms with van der Waals surface area (Å²) in [5.41, 5.74) is 0.979. The Morgan fingerprint density at radius 3 is 3.05 bits per heavy atom. The molecular weight excluding hydrogens is 286 g/mol. The number of thiazole rings is 1. The summed E-state index contributed by atoms with van der Waals surface area (Å²) in [6.07, 6.45) is 3.61. The number of fused-ring (bicyclic) bond motifs is 1. The Kier molecular flexibility index (Phi) is 3.03. The van der Waals surface area contributed by atoms with Gasteiger partial charge in [-0.2, -0.15) is 5.10 Å². The van der Waals surface area contributed by atoms with Crippen molar-refractivity contribution in [3.8, 4) is 0 Å². The number of nitrogens with one attached hydrogen (secondary N) is 2. The van der Waals surface area contributed by atoms with E-state index in [2.05, 4.69) is 20.1 Å². The number of sulfonamides is 1. The minimum Gasteiger partial charge on any atom is -0.311 e. The van der Waals surface area contributed by atoms with Gasteiger partial charge in [0.2, 0.25) is 0 Å². The van der Waals surface area contributed by atoms with Crippen molar-refractivity contribution in [2.45, 2.75) is 17.9 Å². The van der Waals surface area contributed by atoms with Crippen LogP contribution in [0.15, 0.2) is 17.3 Å². The number of anilines is 1. The Balaban J connectivity index is 1.86. The van der Waals surface area contributed by atoms with Crippen LogP contribution < -0.4 is 10.0 Å². The Morgan fingerprint density at radius 2 is 2.37 bits per heavy atom. The van der Waals surface area contributed by atoms with Gasteiger partial charge in [-0.15, -0.1) is 0 Å². The quantitative estimate of drug-likeness (QED) is 0.852. The molecule has 0 atom stereocenters. The van der Waals surface area contributed by atoms with Gasteiger partial charge in [0.25, 0.3) is 10.0 Å². The molecule has 0 saturated carbocycles. The molecule has 0 amide bonds. The van der Waals surface area contributed by atoms with Gasteiger partial charge in [-0.05, 0) is 0 Å². The molecule has 0 bridgehead atoms. The van der Waals surface area contributed by atoms with E-state index >= 15 is 0 Å². The van der Waals surface area contributed by atoms with Crippen LogP contribution in [0.2, 0.25) is 0 Å². The summed E-state index contributed by atoms with van der Waals surface area (Å²) in [5.74, 6) is 0. The van der Waals surface area contributed by atoms with Crippen molar-refractivity contribution in [1.82, 2.24) is 20.1 Å². The molecule has 0 radical (unpaired) electrons. The predicted octanol–water partition coefficient (Wildman–Crippen LogP) is 0.323. The van der Waals surface area contributed by atoms with Crippen molar-refractivity contribution in [3.63, 3.8) is 0 Å². The van der Waals surface area contributed by atoms with E-state index in [9.17, 15) is 8.42 Å². The van der Waals surface area contributed by atoms with Gasteiger partial charge in [0.1, 0.15) is 4.90 Å². The molecule has 2 aromatic rings. The molecule has 0 aliphatic carbocycles. The fraction of sp³-hybridized carbons (Fsp3) is 0.400. The fourth-order valence-electron chi connectivity index (χ4n) is 1.88. The first kappa shape index (κ1) is 12.6. The first-order chi connectivity index (χ1) is 9.04.